The van der Waals surface area contributed by atoms with Crippen molar-refractivity contribution in [2.45, 2.75) is 6.42 Å². The quantitative estimate of drug-likeness (QED) is 0.556. The second-order valence-electron chi connectivity index (χ2n) is 5.96. The van der Waals surface area contributed by atoms with Crippen molar-refractivity contribution in [3.63, 3.8) is 0 Å². The number of nitrogens with one attached hydrogen (secondary N) is 1. The number of aromatic nitrogens is 3. The molecule has 27 heavy (non-hydrogen) atoms. The monoisotopic (exact) mass is 374 g/mol. The van der Waals surface area contributed by atoms with Crippen molar-refractivity contribution in [2.75, 3.05) is 6.54 Å². The van der Waals surface area contributed by atoms with Crippen LogP contribution in [0.25, 0.3) is 17.1 Å². The van der Waals surface area contributed by atoms with E-state index in [-0.39, 0.29) is 11.7 Å². The van der Waals surface area contributed by atoms with Crippen LogP contribution in [0.15, 0.2) is 78.2 Å². The molecule has 134 valence electrons. The minimum Gasteiger partial charge on any atom is -0.349 e. The van der Waals surface area contributed by atoms with Crippen LogP contribution in [0.3, 0.4) is 0 Å². The van der Waals surface area contributed by atoms with Crippen molar-refractivity contribution >= 4 is 17.2 Å². The molecule has 0 aliphatic carbocycles. The van der Waals surface area contributed by atoms with E-state index in [0.29, 0.717) is 12.4 Å². The number of benzene rings is 2. The van der Waals surface area contributed by atoms with Gasteiger partial charge < -0.3 is 5.32 Å². The van der Waals surface area contributed by atoms with Gasteiger partial charge in [0.2, 0.25) is 5.82 Å². The molecule has 0 atom stereocenters. The molecule has 0 bridgehead atoms. The number of rotatable bonds is 6. The number of hydrogen-bond acceptors (Lipinski definition) is 4. The Bertz CT molecular complexity index is 954. The molecule has 4 aromatic rings. The first-order valence-corrected chi connectivity index (χ1v) is 9.58. The number of amides is 1. The number of carbonyl (C=O) groups excluding carboxylic acids is 1. The third kappa shape index (κ3) is 3.96. The molecule has 0 spiro atoms. The first-order chi connectivity index (χ1) is 13.3. The van der Waals surface area contributed by atoms with Crippen LogP contribution in [0.4, 0.5) is 0 Å². The van der Waals surface area contributed by atoms with Crippen LogP contribution < -0.4 is 5.32 Å². The summed E-state index contributed by atoms with van der Waals surface area (Å²) in [5, 5.41) is 9.41. The Balaban J connectivity index is 1.60. The lowest BCUT2D eigenvalue weighted by atomic mass is 10.2. The number of thiophene rings is 1. The minimum absolute atomic E-state index is 0.170. The SMILES string of the molecule is O=C(NCCc1cccs1)c1nc(-c2ccccc2)n(-c2ccccc2)n1. The number of hydrogen-bond donors (Lipinski definition) is 1. The summed E-state index contributed by atoms with van der Waals surface area (Å²) in [5.41, 5.74) is 1.77. The van der Waals surface area contributed by atoms with Gasteiger partial charge in [-0.2, -0.15) is 0 Å². The van der Waals surface area contributed by atoms with Crippen molar-refractivity contribution in [2.24, 2.45) is 0 Å². The molecule has 0 fully saturated rings. The predicted octanol–water partition coefficient (Wildman–Crippen LogP) is 3.97. The second-order valence-corrected chi connectivity index (χ2v) is 6.99. The van der Waals surface area contributed by atoms with Crippen molar-refractivity contribution in [1.29, 1.82) is 0 Å². The van der Waals surface area contributed by atoms with Gasteiger partial charge in [0.15, 0.2) is 5.82 Å². The Morgan fingerprint density at radius 1 is 0.963 bits per heavy atom. The van der Waals surface area contributed by atoms with Crippen LogP contribution in [0.5, 0.6) is 0 Å². The van der Waals surface area contributed by atoms with Crippen LogP contribution in [0.2, 0.25) is 0 Å². The lowest BCUT2D eigenvalue weighted by Crippen LogP contribution is -2.26. The zero-order valence-corrected chi connectivity index (χ0v) is 15.4. The first-order valence-electron chi connectivity index (χ1n) is 8.70. The normalized spacial score (nSPS) is 10.7. The molecule has 0 saturated heterocycles. The van der Waals surface area contributed by atoms with Gasteiger partial charge in [-0.1, -0.05) is 54.6 Å². The summed E-state index contributed by atoms with van der Waals surface area (Å²) in [7, 11) is 0. The zero-order chi connectivity index (χ0) is 18.5. The van der Waals surface area contributed by atoms with Crippen LogP contribution in [-0.2, 0) is 6.42 Å². The fourth-order valence-corrected chi connectivity index (χ4v) is 3.47. The van der Waals surface area contributed by atoms with Crippen LogP contribution in [0.1, 0.15) is 15.5 Å². The molecule has 1 amide bonds. The molecule has 0 unspecified atom stereocenters. The summed E-state index contributed by atoms with van der Waals surface area (Å²) in [6.07, 6.45) is 0.800. The highest BCUT2D eigenvalue weighted by Crippen LogP contribution is 2.21. The van der Waals surface area contributed by atoms with Crippen molar-refractivity contribution in [3.05, 3.63) is 88.9 Å². The van der Waals surface area contributed by atoms with Crippen LogP contribution >= 0.6 is 11.3 Å². The molecule has 0 saturated carbocycles. The maximum Gasteiger partial charge on any atom is 0.291 e. The van der Waals surface area contributed by atoms with Gasteiger partial charge in [0.1, 0.15) is 0 Å². The Morgan fingerprint density at radius 3 is 2.41 bits per heavy atom. The Hall–Kier alpha value is -3.25. The molecule has 2 aromatic carbocycles. The van der Waals surface area contributed by atoms with E-state index in [2.05, 4.69) is 21.5 Å². The van der Waals surface area contributed by atoms with E-state index in [0.717, 1.165) is 17.7 Å². The average molecular weight is 374 g/mol. The molecule has 1 N–H and O–H groups in total. The molecule has 4 rings (SSSR count). The molecular weight excluding hydrogens is 356 g/mol. The predicted molar refractivity (Wildman–Crippen MR) is 107 cm³/mol. The lowest BCUT2D eigenvalue weighted by Gasteiger charge is -2.05. The maximum atomic E-state index is 12.6. The summed E-state index contributed by atoms with van der Waals surface area (Å²) in [5.74, 6) is 0.549. The van der Waals surface area contributed by atoms with Crippen LogP contribution in [-0.4, -0.2) is 27.2 Å². The Kier molecular flexibility index (Phi) is 5.07. The summed E-state index contributed by atoms with van der Waals surface area (Å²) >= 11 is 1.68. The molecule has 6 heteroatoms. The molecule has 2 aromatic heterocycles. The highest BCUT2D eigenvalue weighted by atomic mass is 32.1. The average Bonchev–Trinajstić information content (AvgIpc) is 3.39. The fraction of sp³-hybridized carbons (Fsp3) is 0.0952. The number of para-hydroxylation sites is 1. The topological polar surface area (TPSA) is 59.8 Å². The van der Waals surface area contributed by atoms with Crippen LogP contribution in [0, 0.1) is 0 Å². The molecule has 0 radical (unpaired) electrons. The smallest absolute Gasteiger partial charge is 0.291 e. The van der Waals surface area contributed by atoms with Crippen molar-refractivity contribution in [3.8, 4) is 17.1 Å². The largest absolute Gasteiger partial charge is 0.349 e. The zero-order valence-electron chi connectivity index (χ0n) is 14.6. The Labute approximate surface area is 161 Å². The first kappa shape index (κ1) is 17.2. The van der Waals surface area contributed by atoms with E-state index >= 15 is 0 Å². The van der Waals surface area contributed by atoms with Gasteiger partial charge in [-0.25, -0.2) is 9.67 Å². The fourth-order valence-electron chi connectivity index (χ4n) is 2.76. The minimum atomic E-state index is -0.265. The molecule has 2 heterocycles. The standard InChI is InChI=1S/C21H18N4OS/c26-21(22-14-13-18-12-7-15-27-18)19-23-20(16-8-3-1-4-9-16)25(24-19)17-10-5-2-6-11-17/h1-12,15H,13-14H2,(H,22,26). The third-order valence-corrected chi connectivity index (χ3v) is 5.02. The second kappa shape index (κ2) is 7.97. The number of nitrogens with zero attached hydrogens (tertiary/aromatic N) is 3. The van der Waals surface area contributed by atoms with E-state index < -0.39 is 0 Å². The van der Waals surface area contributed by atoms with E-state index in [4.69, 9.17) is 0 Å². The van der Waals surface area contributed by atoms with Gasteiger partial charge in [0.25, 0.3) is 5.91 Å². The molecular formula is C21H18N4OS. The van der Waals surface area contributed by atoms with Crippen molar-refractivity contribution in [1.82, 2.24) is 20.1 Å². The summed E-state index contributed by atoms with van der Waals surface area (Å²) in [6, 6.07) is 23.5. The molecule has 0 aliphatic heterocycles. The van der Waals surface area contributed by atoms with Gasteiger partial charge in [-0.3, -0.25) is 4.79 Å². The highest BCUT2D eigenvalue weighted by Gasteiger charge is 2.18. The molecule has 5 nitrogen and oxygen atoms in total. The van der Waals surface area contributed by atoms with Crippen molar-refractivity contribution < 1.29 is 4.79 Å². The van der Waals surface area contributed by atoms with E-state index in [9.17, 15) is 4.79 Å². The molecule has 0 aliphatic rings. The van der Waals surface area contributed by atoms with Gasteiger partial charge in [0, 0.05) is 17.0 Å². The summed E-state index contributed by atoms with van der Waals surface area (Å²) in [6.45, 7) is 0.555. The summed E-state index contributed by atoms with van der Waals surface area (Å²) in [4.78, 5) is 18.3. The van der Waals surface area contributed by atoms with E-state index in [1.54, 1.807) is 16.0 Å². The Morgan fingerprint density at radius 2 is 1.70 bits per heavy atom. The summed E-state index contributed by atoms with van der Waals surface area (Å²) < 4.78 is 1.71. The van der Waals surface area contributed by atoms with E-state index in [1.807, 2.05) is 72.1 Å². The lowest BCUT2D eigenvalue weighted by molar-refractivity contribution is 0.0944. The highest BCUT2D eigenvalue weighted by molar-refractivity contribution is 7.09. The van der Waals surface area contributed by atoms with Gasteiger partial charge in [0.05, 0.1) is 5.69 Å². The van der Waals surface area contributed by atoms with E-state index in [1.165, 1.54) is 4.88 Å². The maximum absolute atomic E-state index is 12.6. The van der Waals surface area contributed by atoms with Gasteiger partial charge in [-0.15, -0.1) is 16.4 Å². The van der Waals surface area contributed by atoms with Gasteiger partial charge in [-0.05, 0) is 30.0 Å². The van der Waals surface area contributed by atoms with Gasteiger partial charge >= 0.3 is 0 Å². The third-order valence-electron chi connectivity index (χ3n) is 4.08. The number of carbonyl (C=O) groups is 1.